The fourth-order valence-corrected chi connectivity index (χ4v) is 1.02. The van der Waals surface area contributed by atoms with Gasteiger partial charge in [0, 0.05) is 0 Å². The highest BCUT2D eigenvalue weighted by Crippen LogP contribution is 2.05. The van der Waals surface area contributed by atoms with E-state index in [4.69, 9.17) is 5.11 Å². The maximum Gasteiger partial charge on any atom is 0.0696 e. The zero-order chi connectivity index (χ0) is 8.97. The number of aliphatic hydroxyl groups is 1. The minimum Gasteiger partial charge on any atom is -0.389 e. The average Bonchev–Trinajstić information content (AvgIpc) is 2.01. The number of aliphatic hydroxyl groups excluding tert-OH is 1. The van der Waals surface area contributed by atoms with Gasteiger partial charge >= 0.3 is 0 Å². The molecule has 0 aliphatic heterocycles. The van der Waals surface area contributed by atoms with Gasteiger partial charge in [0.1, 0.15) is 0 Å². The second kappa shape index (κ2) is 4.07. The van der Waals surface area contributed by atoms with Crippen molar-refractivity contribution in [1.29, 1.82) is 0 Å². The SMILES string of the molecule is Cc1cccc(/C=C/C(C)O)c1. The van der Waals surface area contributed by atoms with Crippen LogP contribution in [0.1, 0.15) is 18.1 Å². The van der Waals surface area contributed by atoms with Gasteiger partial charge in [-0.25, -0.2) is 0 Å². The summed E-state index contributed by atoms with van der Waals surface area (Å²) in [6.45, 7) is 3.80. The molecule has 12 heavy (non-hydrogen) atoms. The predicted octanol–water partition coefficient (Wildman–Crippen LogP) is 2.39. The molecule has 1 rings (SSSR count). The van der Waals surface area contributed by atoms with Crippen LogP contribution in [0.25, 0.3) is 6.08 Å². The molecule has 0 saturated carbocycles. The molecule has 1 aromatic rings. The van der Waals surface area contributed by atoms with Crippen LogP contribution in [0.2, 0.25) is 0 Å². The van der Waals surface area contributed by atoms with Crippen molar-refractivity contribution in [3.05, 3.63) is 41.5 Å². The largest absolute Gasteiger partial charge is 0.389 e. The fraction of sp³-hybridized carbons (Fsp3) is 0.273. The monoisotopic (exact) mass is 162 g/mol. The van der Waals surface area contributed by atoms with Crippen molar-refractivity contribution in [3.8, 4) is 0 Å². The molecule has 0 saturated heterocycles. The maximum absolute atomic E-state index is 9.00. The van der Waals surface area contributed by atoms with Crippen molar-refractivity contribution < 1.29 is 5.11 Å². The van der Waals surface area contributed by atoms with Crippen LogP contribution in [0.4, 0.5) is 0 Å². The Morgan fingerprint density at radius 3 is 2.75 bits per heavy atom. The van der Waals surface area contributed by atoms with E-state index in [1.807, 2.05) is 18.2 Å². The first-order chi connectivity index (χ1) is 5.68. The van der Waals surface area contributed by atoms with Gasteiger partial charge in [-0.1, -0.05) is 42.0 Å². The van der Waals surface area contributed by atoms with Crippen molar-refractivity contribution in [3.63, 3.8) is 0 Å². The first-order valence-corrected chi connectivity index (χ1v) is 4.11. The van der Waals surface area contributed by atoms with E-state index in [-0.39, 0.29) is 6.10 Å². The van der Waals surface area contributed by atoms with Gasteiger partial charge in [0.05, 0.1) is 6.10 Å². The lowest BCUT2D eigenvalue weighted by molar-refractivity contribution is 0.245. The molecule has 0 aliphatic rings. The molecule has 1 atom stereocenters. The second-order valence-electron chi connectivity index (χ2n) is 3.01. The third kappa shape index (κ3) is 2.89. The van der Waals surface area contributed by atoms with Crippen LogP contribution in [-0.2, 0) is 0 Å². The lowest BCUT2D eigenvalue weighted by Gasteiger charge is -1.96. The molecular weight excluding hydrogens is 148 g/mol. The molecule has 1 unspecified atom stereocenters. The van der Waals surface area contributed by atoms with Gasteiger partial charge in [0.2, 0.25) is 0 Å². The van der Waals surface area contributed by atoms with E-state index in [1.165, 1.54) is 5.56 Å². The molecule has 0 radical (unpaired) electrons. The summed E-state index contributed by atoms with van der Waals surface area (Å²) in [7, 11) is 0. The molecule has 1 nitrogen and oxygen atoms in total. The van der Waals surface area contributed by atoms with E-state index in [1.54, 1.807) is 13.0 Å². The first kappa shape index (κ1) is 9.01. The lowest BCUT2D eigenvalue weighted by Crippen LogP contribution is -1.91. The van der Waals surface area contributed by atoms with E-state index in [9.17, 15) is 0 Å². The van der Waals surface area contributed by atoms with Crippen LogP contribution in [0, 0.1) is 6.92 Å². The zero-order valence-electron chi connectivity index (χ0n) is 7.49. The lowest BCUT2D eigenvalue weighted by atomic mass is 10.1. The number of hydrogen-bond donors (Lipinski definition) is 1. The van der Waals surface area contributed by atoms with Gasteiger partial charge < -0.3 is 5.11 Å². The van der Waals surface area contributed by atoms with Crippen molar-refractivity contribution in [2.75, 3.05) is 0 Å². The average molecular weight is 162 g/mol. The molecule has 1 heteroatoms. The second-order valence-corrected chi connectivity index (χ2v) is 3.01. The van der Waals surface area contributed by atoms with Crippen LogP contribution in [0.15, 0.2) is 30.3 Å². The third-order valence-electron chi connectivity index (χ3n) is 1.61. The first-order valence-electron chi connectivity index (χ1n) is 4.11. The Labute approximate surface area is 73.4 Å². The van der Waals surface area contributed by atoms with Crippen molar-refractivity contribution in [2.45, 2.75) is 20.0 Å². The summed E-state index contributed by atoms with van der Waals surface area (Å²) >= 11 is 0. The third-order valence-corrected chi connectivity index (χ3v) is 1.61. The van der Waals surface area contributed by atoms with E-state index >= 15 is 0 Å². The highest BCUT2D eigenvalue weighted by atomic mass is 16.3. The zero-order valence-corrected chi connectivity index (χ0v) is 7.49. The van der Waals surface area contributed by atoms with E-state index < -0.39 is 0 Å². The molecule has 0 bridgehead atoms. The molecule has 1 N–H and O–H groups in total. The van der Waals surface area contributed by atoms with Crippen LogP contribution in [0.3, 0.4) is 0 Å². The summed E-state index contributed by atoms with van der Waals surface area (Å²) in [5.41, 5.74) is 2.37. The summed E-state index contributed by atoms with van der Waals surface area (Å²) in [5, 5.41) is 9.00. The van der Waals surface area contributed by atoms with Gasteiger partial charge in [-0.05, 0) is 19.4 Å². The van der Waals surface area contributed by atoms with Crippen molar-refractivity contribution in [2.24, 2.45) is 0 Å². The normalized spacial score (nSPS) is 13.6. The van der Waals surface area contributed by atoms with Crippen LogP contribution in [-0.4, -0.2) is 11.2 Å². The Kier molecular flexibility index (Phi) is 3.06. The van der Waals surface area contributed by atoms with E-state index in [0.29, 0.717) is 0 Å². The molecule has 0 amide bonds. The Morgan fingerprint density at radius 2 is 2.17 bits per heavy atom. The summed E-state index contributed by atoms with van der Waals surface area (Å²) in [6, 6.07) is 8.17. The van der Waals surface area contributed by atoms with Crippen LogP contribution >= 0.6 is 0 Å². The minimum atomic E-state index is -0.370. The Hall–Kier alpha value is -1.08. The predicted molar refractivity (Wildman–Crippen MR) is 51.9 cm³/mol. The quantitative estimate of drug-likeness (QED) is 0.708. The van der Waals surface area contributed by atoms with Crippen molar-refractivity contribution >= 4 is 6.08 Å². The van der Waals surface area contributed by atoms with E-state index in [2.05, 4.69) is 19.1 Å². The molecule has 1 aromatic carbocycles. The topological polar surface area (TPSA) is 20.2 Å². The Bertz CT molecular complexity index is 274. The van der Waals surface area contributed by atoms with Crippen LogP contribution in [0.5, 0.6) is 0 Å². The molecule has 0 spiro atoms. The van der Waals surface area contributed by atoms with Gasteiger partial charge in [-0.3, -0.25) is 0 Å². The summed E-state index contributed by atoms with van der Waals surface area (Å²) < 4.78 is 0. The summed E-state index contributed by atoms with van der Waals surface area (Å²) in [4.78, 5) is 0. The Balaban J connectivity index is 2.76. The number of hydrogen-bond acceptors (Lipinski definition) is 1. The molecule has 64 valence electrons. The van der Waals surface area contributed by atoms with Crippen LogP contribution < -0.4 is 0 Å². The molecule has 0 heterocycles. The molecule has 0 aliphatic carbocycles. The number of rotatable bonds is 2. The van der Waals surface area contributed by atoms with E-state index in [0.717, 1.165) is 5.56 Å². The maximum atomic E-state index is 9.00. The summed E-state index contributed by atoms with van der Waals surface area (Å²) in [6.07, 6.45) is 3.33. The van der Waals surface area contributed by atoms with Gasteiger partial charge in [-0.2, -0.15) is 0 Å². The van der Waals surface area contributed by atoms with Crippen molar-refractivity contribution in [1.82, 2.24) is 0 Å². The summed E-state index contributed by atoms with van der Waals surface area (Å²) in [5.74, 6) is 0. The number of aryl methyl sites for hydroxylation is 1. The molecule has 0 aromatic heterocycles. The highest BCUT2D eigenvalue weighted by Gasteiger charge is 1.88. The minimum absolute atomic E-state index is 0.370. The van der Waals surface area contributed by atoms with Gasteiger partial charge in [-0.15, -0.1) is 0 Å². The number of benzene rings is 1. The molecular formula is C11H14O. The highest BCUT2D eigenvalue weighted by molar-refractivity contribution is 5.50. The van der Waals surface area contributed by atoms with Gasteiger partial charge in [0.15, 0.2) is 0 Å². The molecule has 0 fully saturated rings. The van der Waals surface area contributed by atoms with Gasteiger partial charge in [0.25, 0.3) is 0 Å². The smallest absolute Gasteiger partial charge is 0.0696 e. The fourth-order valence-electron chi connectivity index (χ4n) is 1.02. The standard InChI is InChI=1S/C11H14O/c1-9-4-3-5-11(8-9)7-6-10(2)12/h3-8,10,12H,1-2H3/b7-6+. The Morgan fingerprint density at radius 1 is 1.42 bits per heavy atom.